The van der Waals surface area contributed by atoms with Crippen LogP contribution in [-0.2, 0) is 6.42 Å². The van der Waals surface area contributed by atoms with Crippen LogP contribution in [0.15, 0.2) is 18.2 Å². The van der Waals surface area contributed by atoms with Gasteiger partial charge in [0, 0.05) is 7.05 Å². The number of amides is 1. The number of aromatic carboxylic acids is 1. The number of pyridine rings is 1. The van der Waals surface area contributed by atoms with Gasteiger partial charge in [0.1, 0.15) is 11.4 Å². The molecule has 0 aliphatic heterocycles. The fourth-order valence-corrected chi connectivity index (χ4v) is 4.04. The van der Waals surface area contributed by atoms with Gasteiger partial charge in [0.25, 0.3) is 5.91 Å². The molecule has 2 aromatic heterocycles. The number of carbonyl (C=O) groups is 2. The minimum absolute atomic E-state index is 0.0206. The molecule has 0 bridgehead atoms. The Morgan fingerprint density at radius 1 is 1.30 bits per heavy atom. The van der Waals surface area contributed by atoms with E-state index >= 15 is 0 Å². The Morgan fingerprint density at radius 3 is 2.78 bits per heavy atom. The smallest absolute Gasteiger partial charge is 0.354 e. The zero-order valence-electron chi connectivity index (χ0n) is 12.9. The Kier molecular flexibility index (Phi) is 4.12. The van der Waals surface area contributed by atoms with Gasteiger partial charge in [-0.1, -0.05) is 6.07 Å². The highest BCUT2D eigenvalue weighted by Gasteiger charge is 2.30. The van der Waals surface area contributed by atoms with Crippen LogP contribution in [0.1, 0.15) is 55.4 Å². The SMILES string of the molecule is Cc1nc2c(s1)[C@H](N(C)C(=O)c1cccc(C(=O)O)n1)CCC2. The second kappa shape index (κ2) is 6.08. The summed E-state index contributed by atoms with van der Waals surface area (Å²) in [5, 5.41) is 10.0. The van der Waals surface area contributed by atoms with Gasteiger partial charge in [0.15, 0.2) is 0 Å². The van der Waals surface area contributed by atoms with Crippen molar-refractivity contribution in [3.05, 3.63) is 45.2 Å². The number of carbonyl (C=O) groups excluding carboxylic acids is 1. The number of nitrogens with zero attached hydrogens (tertiary/aromatic N) is 3. The zero-order chi connectivity index (χ0) is 16.6. The molecule has 2 aromatic rings. The van der Waals surface area contributed by atoms with E-state index in [2.05, 4.69) is 9.97 Å². The predicted octanol–water partition coefficient (Wildman–Crippen LogP) is 2.69. The van der Waals surface area contributed by atoms with Crippen LogP contribution in [0.2, 0.25) is 0 Å². The van der Waals surface area contributed by atoms with Gasteiger partial charge >= 0.3 is 5.97 Å². The molecule has 120 valence electrons. The van der Waals surface area contributed by atoms with E-state index in [0.29, 0.717) is 0 Å². The van der Waals surface area contributed by atoms with Crippen molar-refractivity contribution in [1.82, 2.24) is 14.9 Å². The maximum Gasteiger partial charge on any atom is 0.354 e. The van der Waals surface area contributed by atoms with Crippen LogP contribution in [0, 0.1) is 6.92 Å². The van der Waals surface area contributed by atoms with Crippen LogP contribution in [0.3, 0.4) is 0 Å². The Hall–Kier alpha value is -2.28. The molecule has 1 aliphatic carbocycles. The van der Waals surface area contributed by atoms with Crippen molar-refractivity contribution in [2.75, 3.05) is 7.05 Å². The molecule has 3 rings (SSSR count). The summed E-state index contributed by atoms with van der Waals surface area (Å²) in [4.78, 5) is 35.0. The fraction of sp³-hybridized carbons (Fsp3) is 0.375. The van der Waals surface area contributed by atoms with Gasteiger partial charge in [0.05, 0.1) is 21.6 Å². The van der Waals surface area contributed by atoms with Crippen LogP contribution >= 0.6 is 11.3 Å². The number of carboxylic acid groups (broad SMARTS) is 1. The van der Waals surface area contributed by atoms with Crippen molar-refractivity contribution < 1.29 is 14.7 Å². The van der Waals surface area contributed by atoms with Gasteiger partial charge in [0.2, 0.25) is 0 Å². The molecule has 1 atom stereocenters. The fourth-order valence-electron chi connectivity index (χ4n) is 2.88. The highest BCUT2D eigenvalue weighted by atomic mass is 32.1. The molecule has 0 fully saturated rings. The molecule has 0 saturated heterocycles. The monoisotopic (exact) mass is 331 g/mol. The number of aryl methyl sites for hydroxylation is 2. The average molecular weight is 331 g/mol. The molecule has 1 amide bonds. The predicted molar refractivity (Wildman–Crippen MR) is 85.8 cm³/mol. The van der Waals surface area contributed by atoms with Crippen molar-refractivity contribution >= 4 is 23.2 Å². The molecule has 6 nitrogen and oxygen atoms in total. The number of hydrogen-bond donors (Lipinski definition) is 1. The second-order valence-electron chi connectivity index (χ2n) is 5.58. The van der Waals surface area contributed by atoms with Crippen LogP contribution in [0.4, 0.5) is 0 Å². The van der Waals surface area contributed by atoms with Gasteiger partial charge < -0.3 is 10.0 Å². The molecule has 1 N–H and O–H groups in total. The third-order valence-electron chi connectivity index (χ3n) is 4.00. The van der Waals surface area contributed by atoms with Crippen molar-refractivity contribution in [1.29, 1.82) is 0 Å². The topological polar surface area (TPSA) is 83.4 Å². The number of aromatic nitrogens is 2. The number of fused-ring (bicyclic) bond motifs is 1. The van der Waals surface area contributed by atoms with E-state index in [1.807, 2.05) is 6.92 Å². The maximum absolute atomic E-state index is 12.7. The largest absolute Gasteiger partial charge is 0.477 e. The Labute approximate surface area is 137 Å². The standard InChI is InChI=1S/C16H17N3O3S/c1-9-17-10-5-4-8-13(14(10)23-9)19(2)15(20)11-6-3-7-12(18-11)16(21)22/h3,6-7,13H,4-5,8H2,1-2H3,(H,21,22)/t13-/m1/s1. The Morgan fingerprint density at radius 2 is 2.04 bits per heavy atom. The average Bonchev–Trinajstić information content (AvgIpc) is 2.93. The van der Waals surface area contributed by atoms with Gasteiger partial charge in [-0.2, -0.15) is 0 Å². The maximum atomic E-state index is 12.7. The van der Waals surface area contributed by atoms with Crippen molar-refractivity contribution in [3.63, 3.8) is 0 Å². The number of hydrogen-bond acceptors (Lipinski definition) is 5. The van der Waals surface area contributed by atoms with Gasteiger partial charge in [-0.25, -0.2) is 14.8 Å². The first kappa shape index (κ1) is 15.6. The second-order valence-corrected chi connectivity index (χ2v) is 6.82. The third-order valence-corrected chi connectivity index (χ3v) is 5.12. The van der Waals surface area contributed by atoms with E-state index in [1.54, 1.807) is 35.4 Å². The van der Waals surface area contributed by atoms with E-state index in [-0.39, 0.29) is 23.3 Å². The first-order valence-corrected chi connectivity index (χ1v) is 8.22. The first-order valence-electron chi connectivity index (χ1n) is 7.41. The highest BCUT2D eigenvalue weighted by molar-refractivity contribution is 7.11. The molecule has 0 radical (unpaired) electrons. The van der Waals surface area contributed by atoms with Crippen molar-refractivity contribution in [2.24, 2.45) is 0 Å². The first-order chi connectivity index (χ1) is 11.0. The lowest BCUT2D eigenvalue weighted by Crippen LogP contribution is -2.33. The molecule has 0 spiro atoms. The lowest BCUT2D eigenvalue weighted by Gasteiger charge is -2.30. The number of carboxylic acids is 1. The highest BCUT2D eigenvalue weighted by Crippen LogP contribution is 2.37. The molecule has 23 heavy (non-hydrogen) atoms. The third kappa shape index (κ3) is 2.96. The zero-order valence-corrected chi connectivity index (χ0v) is 13.8. The Bertz CT molecular complexity index is 772. The molecular formula is C16H17N3O3S. The normalized spacial score (nSPS) is 16.7. The molecule has 0 saturated carbocycles. The minimum atomic E-state index is -1.14. The summed E-state index contributed by atoms with van der Waals surface area (Å²) >= 11 is 1.63. The van der Waals surface area contributed by atoms with Crippen LogP contribution < -0.4 is 0 Å². The lowest BCUT2D eigenvalue weighted by molar-refractivity contribution is 0.0688. The van der Waals surface area contributed by atoms with Crippen molar-refractivity contribution in [3.8, 4) is 0 Å². The van der Waals surface area contributed by atoms with Crippen LogP contribution in [0.25, 0.3) is 0 Å². The molecule has 1 aliphatic rings. The summed E-state index contributed by atoms with van der Waals surface area (Å²) in [5.41, 5.74) is 1.11. The summed E-state index contributed by atoms with van der Waals surface area (Å²) in [5.74, 6) is -1.41. The van der Waals surface area contributed by atoms with Gasteiger partial charge in [-0.3, -0.25) is 4.79 Å². The van der Waals surface area contributed by atoms with E-state index < -0.39 is 5.97 Å². The number of thiazole rings is 1. The summed E-state index contributed by atoms with van der Waals surface area (Å²) in [6.07, 6.45) is 2.82. The van der Waals surface area contributed by atoms with Crippen molar-refractivity contribution in [2.45, 2.75) is 32.2 Å². The van der Waals surface area contributed by atoms with E-state index in [1.165, 1.54) is 6.07 Å². The van der Waals surface area contributed by atoms with E-state index in [4.69, 9.17) is 5.11 Å². The quantitative estimate of drug-likeness (QED) is 0.935. The number of rotatable bonds is 3. The van der Waals surface area contributed by atoms with E-state index in [0.717, 1.165) is 34.8 Å². The molecule has 7 heteroatoms. The van der Waals surface area contributed by atoms with Gasteiger partial charge in [-0.05, 0) is 38.3 Å². The lowest BCUT2D eigenvalue weighted by atomic mass is 9.97. The Balaban J connectivity index is 1.89. The van der Waals surface area contributed by atoms with Gasteiger partial charge in [-0.15, -0.1) is 11.3 Å². The molecule has 2 heterocycles. The molecule has 0 aromatic carbocycles. The van der Waals surface area contributed by atoms with Crippen LogP contribution in [-0.4, -0.2) is 38.9 Å². The summed E-state index contributed by atoms with van der Waals surface area (Å²) in [6, 6.07) is 4.45. The van der Waals surface area contributed by atoms with E-state index in [9.17, 15) is 9.59 Å². The molecular weight excluding hydrogens is 314 g/mol. The minimum Gasteiger partial charge on any atom is -0.477 e. The van der Waals surface area contributed by atoms with Crippen LogP contribution in [0.5, 0.6) is 0 Å². The molecule has 0 unspecified atom stereocenters. The summed E-state index contributed by atoms with van der Waals surface area (Å²) in [7, 11) is 1.74. The summed E-state index contributed by atoms with van der Waals surface area (Å²) in [6.45, 7) is 1.97. The summed E-state index contributed by atoms with van der Waals surface area (Å²) < 4.78 is 0.